The summed E-state index contributed by atoms with van der Waals surface area (Å²) in [7, 11) is 0. The zero-order valence-corrected chi connectivity index (χ0v) is 14.9. The minimum Gasteiger partial charge on any atom is -0.338 e. The molecular weight excluding hydrogens is 348 g/mol. The Bertz CT molecular complexity index is 953. The highest BCUT2D eigenvalue weighted by atomic mass is 32.1. The summed E-state index contributed by atoms with van der Waals surface area (Å²) < 4.78 is 0. The molecule has 3 aromatic heterocycles. The Morgan fingerprint density at radius 3 is 3.04 bits per heavy atom. The summed E-state index contributed by atoms with van der Waals surface area (Å²) in [5.41, 5.74) is 2.05. The lowest BCUT2D eigenvalue weighted by atomic mass is 9.96. The van der Waals surface area contributed by atoms with E-state index in [1.54, 1.807) is 35.9 Å². The summed E-state index contributed by atoms with van der Waals surface area (Å²) in [6, 6.07) is 7.01. The first-order valence-electron chi connectivity index (χ1n) is 8.54. The predicted molar refractivity (Wildman–Crippen MR) is 100 cm³/mol. The van der Waals surface area contributed by atoms with Gasteiger partial charge < -0.3 is 9.88 Å². The van der Waals surface area contributed by atoms with Crippen molar-refractivity contribution in [3.8, 4) is 11.3 Å². The molecule has 1 saturated heterocycles. The molecule has 1 aliphatic rings. The van der Waals surface area contributed by atoms with Crippen molar-refractivity contribution in [2.75, 3.05) is 13.1 Å². The summed E-state index contributed by atoms with van der Waals surface area (Å²) in [4.78, 5) is 38.2. The highest BCUT2D eigenvalue weighted by molar-refractivity contribution is 7.08. The molecule has 0 radical (unpaired) electrons. The van der Waals surface area contributed by atoms with Crippen LogP contribution in [0.3, 0.4) is 0 Å². The van der Waals surface area contributed by atoms with Gasteiger partial charge in [-0.05, 0) is 36.4 Å². The fourth-order valence-corrected chi connectivity index (χ4v) is 3.93. The molecule has 0 bridgehead atoms. The van der Waals surface area contributed by atoms with Crippen molar-refractivity contribution in [2.24, 2.45) is 0 Å². The fourth-order valence-electron chi connectivity index (χ4n) is 3.28. The van der Waals surface area contributed by atoms with E-state index in [1.165, 1.54) is 6.07 Å². The van der Waals surface area contributed by atoms with E-state index in [-0.39, 0.29) is 17.4 Å². The second kappa shape index (κ2) is 7.21. The summed E-state index contributed by atoms with van der Waals surface area (Å²) in [5, 5.41) is 3.94. The van der Waals surface area contributed by atoms with Crippen LogP contribution in [0.4, 0.5) is 0 Å². The van der Waals surface area contributed by atoms with Gasteiger partial charge in [0.15, 0.2) is 0 Å². The Morgan fingerprint density at radius 1 is 1.35 bits per heavy atom. The van der Waals surface area contributed by atoms with Crippen LogP contribution in [0.2, 0.25) is 0 Å². The summed E-state index contributed by atoms with van der Waals surface area (Å²) in [6.07, 6.45) is 5.01. The van der Waals surface area contributed by atoms with E-state index in [4.69, 9.17) is 0 Å². The van der Waals surface area contributed by atoms with Gasteiger partial charge in [0, 0.05) is 48.4 Å². The Hall–Kier alpha value is -2.80. The first kappa shape index (κ1) is 16.7. The Morgan fingerprint density at radius 2 is 2.27 bits per heavy atom. The van der Waals surface area contributed by atoms with Gasteiger partial charge in [-0.2, -0.15) is 11.3 Å². The van der Waals surface area contributed by atoms with E-state index < -0.39 is 0 Å². The fraction of sp³-hybridized carbons (Fsp3) is 0.263. The number of piperidine rings is 1. The number of nitrogens with zero attached hydrogens (tertiary/aromatic N) is 3. The van der Waals surface area contributed by atoms with Crippen molar-refractivity contribution in [2.45, 2.75) is 18.8 Å². The minimum atomic E-state index is -0.160. The van der Waals surface area contributed by atoms with Gasteiger partial charge in [0.25, 0.3) is 11.5 Å². The standard InChI is InChI=1S/C19H18N4O2S/c24-17-9-16(15-5-8-26-12-15)21-18(22-17)14-4-2-7-23(11-14)19(25)13-3-1-6-20-10-13/h1,3,5-6,8-10,12,14H,2,4,7,11H2,(H,21,22,24)/t14-/m1/s1. The van der Waals surface area contributed by atoms with Crippen LogP contribution in [-0.2, 0) is 0 Å². The van der Waals surface area contributed by atoms with E-state index >= 15 is 0 Å². The zero-order chi connectivity index (χ0) is 17.9. The maximum Gasteiger partial charge on any atom is 0.255 e. The number of carbonyl (C=O) groups excluding carboxylic acids is 1. The van der Waals surface area contributed by atoms with Crippen LogP contribution >= 0.6 is 11.3 Å². The van der Waals surface area contributed by atoms with Gasteiger partial charge in [0.2, 0.25) is 0 Å². The normalized spacial score (nSPS) is 17.2. The molecule has 0 saturated carbocycles. The molecule has 4 heterocycles. The molecular formula is C19H18N4O2S. The van der Waals surface area contributed by atoms with Crippen LogP contribution < -0.4 is 5.56 Å². The lowest BCUT2D eigenvalue weighted by Crippen LogP contribution is -2.40. The maximum absolute atomic E-state index is 12.7. The van der Waals surface area contributed by atoms with Gasteiger partial charge in [0.05, 0.1) is 11.3 Å². The number of amides is 1. The van der Waals surface area contributed by atoms with Crippen molar-refractivity contribution in [1.29, 1.82) is 0 Å². The molecule has 1 atom stereocenters. The van der Waals surface area contributed by atoms with Gasteiger partial charge in [-0.1, -0.05) is 0 Å². The third kappa shape index (κ3) is 3.43. The van der Waals surface area contributed by atoms with Crippen LogP contribution in [0.1, 0.15) is 34.9 Å². The van der Waals surface area contributed by atoms with Crippen molar-refractivity contribution in [3.05, 3.63) is 69.2 Å². The third-order valence-electron chi connectivity index (χ3n) is 4.58. The average Bonchev–Trinajstić information content (AvgIpc) is 3.23. The average molecular weight is 366 g/mol. The molecule has 4 rings (SSSR count). The van der Waals surface area contributed by atoms with Crippen molar-refractivity contribution < 1.29 is 4.79 Å². The first-order valence-corrected chi connectivity index (χ1v) is 9.48. The van der Waals surface area contributed by atoms with E-state index in [0.29, 0.717) is 30.2 Å². The second-order valence-electron chi connectivity index (χ2n) is 6.36. The van der Waals surface area contributed by atoms with Crippen LogP contribution in [-0.4, -0.2) is 38.8 Å². The van der Waals surface area contributed by atoms with Crippen molar-refractivity contribution >= 4 is 17.2 Å². The minimum absolute atomic E-state index is 0.0238. The maximum atomic E-state index is 12.7. The highest BCUT2D eigenvalue weighted by Gasteiger charge is 2.27. The quantitative estimate of drug-likeness (QED) is 0.773. The zero-order valence-electron chi connectivity index (χ0n) is 14.1. The van der Waals surface area contributed by atoms with E-state index in [1.807, 2.05) is 21.7 Å². The van der Waals surface area contributed by atoms with Gasteiger partial charge in [0.1, 0.15) is 5.82 Å². The van der Waals surface area contributed by atoms with Gasteiger partial charge in [-0.15, -0.1) is 0 Å². The predicted octanol–water partition coefficient (Wildman–Crippen LogP) is 2.91. The number of aromatic amines is 1. The molecule has 7 heteroatoms. The van der Waals surface area contributed by atoms with Crippen LogP contribution in [0.5, 0.6) is 0 Å². The van der Waals surface area contributed by atoms with E-state index in [9.17, 15) is 9.59 Å². The second-order valence-corrected chi connectivity index (χ2v) is 7.14. The molecule has 1 aliphatic heterocycles. The Kier molecular flexibility index (Phi) is 4.62. The monoisotopic (exact) mass is 366 g/mol. The number of rotatable bonds is 3. The molecule has 0 aliphatic carbocycles. The first-order chi connectivity index (χ1) is 12.7. The molecule has 1 fully saturated rings. The number of hydrogen-bond donors (Lipinski definition) is 1. The Balaban J connectivity index is 1.58. The summed E-state index contributed by atoms with van der Waals surface area (Å²) >= 11 is 1.57. The van der Waals surface area contributed by atoms with Crippen molar-refractivity contribution in [1.82, 2.24) is 19.9 Å². The number of nitrogens with one attached hydrogen (secondary N) is 1. The molecule has 0 aromatic carbocycles. The van der Waals surface area contributed by atoms with E-state index in [2.05, 4.69) is 15.0 Å². The molecule has 26 heavy (non-hydrogen) atoms. The number of hydrogen-bond acceptors (Lipinski definition) is 5. The largest absolute Gasteiger partial charge is 0.338 e. The summed E-state index contributed by atoms with van der Waals surface area (Å²) in [5.74, 6) is 0.650. The topological polar surface area (TPSA) is 79.0 Å². The number of thiophene rings is 1. The number of aromatic nitrogens is 3. The molecule has 1 amide bonds. The molecule has 6 nitrogen and oxygen atoms in total. The third-order valence-corrected chi connectivity index (χ3v) is 5.26. The van der Waals surface area contributed by atoms with Gasteiger partial charge in [-0.25, -0.2) is 4.98 Å². The molecule has 0 unspecified atom stereocenters. The lowest BCUT2D eigenvalue weighted by Gasteiger charge is -2.32. The smallest absolute Gasteiger partial charge is 0.255 e. The van der Waals surface area contributed by atoms with Gasteiger partial charge in [-0.3, -0.25) is 14.6 Å². The number of pyridine rings is 1. The van der Waals surface area contributed by atoms with Crippen LogP contribution in [0.15, 0.2) is 52.2 Å². The van der Waals surface area contributed by atoms with E-state index in [0.717, 1.165) is 18.4 Å². The molecule has 1 N–H and O–H groups in total. The Labute approximate surface area is 154 Å². The van der Waals surface area contributed by atoms with Gasteiger partial charge >= 0.3 is 0 Å². The highest BCUT2D eigenvalue weighted by Crippen LogP contribution is 2.27. The molecule has 0 spiro atoms. The molecule has 132 valence electrons. The SMILES string of the molecule is O=C(c1cccnc1)N1CCC[C@@H](c2nc(-c3ccsc3)cc(=O)[nH]2)C1. The molecule has 3 aromatic rings. The number of likely N-dealkylation sites (tertiary alicyclic amines) is 1. The number of H-pyrrole nitrogens is 1. The number of carbonyl (C=O) groups is 1. The van der Waals surface area contributed by atoms with Crippen molar-refractivity contribution in [3.63, 3.8) is 0 Å². The summed E-state index contributed by atoms with van der Waals surface area (Å²) in [6.45, 7) is 1.25. The van der Waals surface area contributed by atoms with Crippen LogP contribution in [0, 0.1) is 0 Å². The lowest BCUT2D eigenvalue weighted by molar-refractivity contribution is 0.0704. The van der Waals surface area contributed by atoms with Crippen LogP contribution in [0.25, 0.3) is 11.3 Å².